The molecule has 0 atom stereocenters. The van der Waals surface area contributed by atoms with Gasteiger partial charge in [0.25, 0.3) is 0 Å². The summed E-state index contributed by atoms with van der Waals surface area (Å²) in [6.07, 6.45) is 0.675. The monoisotopic (exact) mass is 284 g/mol. The minimum Gasteiger partial charge on any atom is -0.399 e. The lowest BCUT2D eigenvalue weighted by Gasteiger charge is -2.23. The third-order valence-corrected chi connectivity index (χ3v) is 5.03. The average molecular weight is 284 g/mol. The van der Waals surface area contributed by atoms with Crippen LogP contribution in [0.4, 0.5) is 5.69 Å². The minimum atomic E-state index is -3.46. The highest BCUT2D eigenvalue weighted by molar-refractivity contribution is 7.89. The molecule has 1 aromatic rings. The van der Waals surface area contributed by atoms with Crippen molar-refractivity contribution in [1.82, 2.24) is 4.31 Å². The normalized spacial score (nSPS) is 12.3. The largest absolute Gasteiger partial charge is 0.399 e. The average Bonchev–Trinajstić information content (AvgIpc) is 2.35. The fraction of sp³-hybridized carbons (Fsp3) is 0.571. The second-order valence-corrected chi connectivity index (χ2v) is 6.98. The first-order valence-electron chi connectivity index (χ1n) is 6.71. The maximum absolute atomic E-state index is 12.7. The summed E-state index contributed by atoms with van der Waals surface area (Å²) in [6.45, 7) is 8.83. The number of nitrogens with zero attached hydrogens (tertiary/aromatic N) is 1. The quantitative estimate of drug-likeness (QED) is 0.816. The lowest BCUT2D eigenvalue weighted by molar-refractivity contribution is 0.380. The summed E-state index contributed by atoms with van der Waals surface area (Å²) in [6, 6.07) is 5.11. The van der Waals surface area contributed by atoms with Gasteiger partial charge in [0.2, 0.25) is 10.0 Å². The van der Waals surface area contributed by atoms with Crippen LogP contribution in [0.25, 0.3) is 0 Å². The van der Waals surface area contributed by atoms with E-state index in [0.717, 1.165) is 5.56 Å². The summed E-state index contributed by atoms with van der Waals surface area (Å²) in [7, 11) is -3.46. The molecule has 0 spiro atoms. The lowest BCUT2D eigenvalue weighted by Crippen LogP contribution is -2.34. The third kappa shape index (κ3) is 3.70. The Hall–Kier alpha value is -1.07. The van der Waals surface area contributed by atoms with Crippen LogP contribution in [0, 0.1) is 5.92 Å². The van der Waals surface area contributed by atoms with Crippen LogP contribution in [0.2, 0.25) is 0 Å². The van der Waals surface area contributed by atoms with E-state index in [-0.39, 0.29) is 0 Å². The summed E-state index contributed by atoms with van der Waals surface area (Å²) < 4.78 is 26.9. The van der Waals surface area contributed by atoms with Crippen LogP contribution < -0.4 is 5.73 Å². The van der Waals surface area contributed by atoms with Gasteiger partial charge in [-0.1, -0.05) is 33.8 Å². The van der Waals surface area contributed by atoms with Gasteiger partial charge in [-0.3, -0.25) is 0 Å². The van der Waals surface area contributed by atoms with Crippen molar-refractivity contribution in [2.45, 2.75) is 39.0 Å². The van der Waals surface area contributed by atoms with Crippen molar-refractivity contribution in [2.24, 2.45) is 5.92 Å². The summed E-state index contributed by atoms with van der Waals surface area (Å²) in [5.41, 5.74) is 7.04. The Labute approximate surface area is 116 Å². The van der Waals surface area contributed by atoms with E-state index < -0.39 is 10.0 Å². The molecule has 5 heteroatoms. The highest BCUT2D eigenvalue weighted by atomic mass is 32.2. The molecular weight excluding hydrogens is 260 g/mol. The molecule has 0 aromatic heterocycles. The van der Waals surface area contributed by atoms with Crippen molar-refractivity contribution in [1.29, 1.82) is 0 Å². The van der Waals surface area contributed by atoms with Crippen molar-refractivity contribution in [3.05, 3.63) is 23.8 Å². The van der Waals surface area contributed by atoms with E-state index in [2.05, 4.69) is 0 Å². The molecule has 0 amide bonds. The summed E-state index contributed by atoms with van der Waals surface area (Å²) in [5, 5.41) is 0. The van der Waals surface area contributed by atoms with E-state index in [1.54, 1.807) is 18.2 Å². The first kappa shape index (κ1) is 16.0. The summed E-state index contributed by atoms with van der Waals surface area (Å²) in [5.74, 6) is 0.292. The highest BCUT2D eigenvalue weighted by Crippen LogP contribution is 2.24. The van der Waals surface area contributed by atoms with Gasteiger partial charge in [-0.15, -0.1) is 0 Å². The van der Waals surface area contributed by atoms with Gasteiger partial charge in [-0.25, -0.2) is 8.42 Å². The molecule has 4 nitrogen and oxygen atoms in total. The minimum absolute atomic E-state index is 0.292. The molecule has 0 unspecified atom stereocenters. The van der Waals surface area contributed by atoms with Crippen molar-refractivity contribution >= 4 is 15.7 Å². The Balaban J connectivity index is 3.28. The van der Waals surface area contributed by atoms with Crippen LogP contribution in [0.1, 0.15) is 33.3 Å². The fourth-order valence-corrected chi connectivity index (χ4v) is 3.99. The van der Waals surface area contributed by atoms with Crippen molar-refractivity contribution in [3.63, 3.8) is 0 Å². The van der Waals surface area contributed by atoms with Crippen LogP contribution in [0.3, 0.4) is 0 Å². The van der Waals surface area contributed by atoms with Crippen LogP contribution in [0.5, 0.6) is 0 Å². The Morgan fingerprint density at radius 2 is 1.89 bits per heavy atom. The number of nitrogens with two attached hydrogens (primary N) is 1. The van der Waals surface area contributed by atoms with Crippen LogP contribution >= 0.6 is 0 Å². The van der Waals surface area contributed by atoms with E-state index in [1.165, 1.54) is 4.31 Å². The molecule has 0 bridgehead atoms. The number of rotatable bonds is 6. The fourth-order valence-electron chi connectivity index (χ4n) is 2.05. The van der Waals surface area contributed by atoms with E-state index in [4.69, 9.17) is 5.73 Å². The number of sulfonamides is 1. The number of nitrogen functional groups attached to an aromatic ring is 1. The number of aryl methyl sites for hydroxylation is 1. The molecule has 0 fully saturated rings. The van der Waals surface area contributed by atoms with E-state index in [0.29, 0.717) is 36.0 Å². The molecule has 1 rings (SSSR count). The molecule has 0 saturated heterocycles. The van der Waals surface area contributed by atoms with Crippen molar-refractivity contribution < 1.29 is 8.42 Å². The first-order chi connectivity index (χ1) is 8.82. The van der Waals surface area contributed by atoms with Gasteiger partial charge >= 0.3 is 0 Å². The van der Waals surface area contributed by atoms with E-state index in [9.17, 15) is 8.42 Å². The Morgan fingerprint density at radius 3 is 2.37 bits per heavy atom. The van der Waals surface area contributed by atoms with E-state index in [1.807, 2.05) is 27.7 Å². The number of hydrogen-bond acceptors (Lipinski definition) is 3. The second-order valence-electron chi connectivity index (χ2n) is 5.07. The van der Waals surface area contributed by atoms with Crippen molar-refractivity contribution in [3.8, 4) is 0 Å². The lowest BCUT2D eigenvalue weighted by atomic mass is 10.1. The molecule has 0 aliphatic carbocycles. The first-order valence-corrected chi connectivity index (χ1v) is 8.15. The zero-order valence-corrected chi connectivity index (χ0v) is 13.0. The van der Waals surface area contributed by atoms with Crippen molar-refractivity contribution in [2.75, 3.05) is 18.8 Å². The van der Waals surface area contributed by atoms with Gasteiger partial charge in [0.05, 0.1) is 4.90 Å². The predicted molar refractivity (Wildman–Crippen MR) is 79.5 cm³/mol. The third-order valence-electron chi connectivity index (χ3n) is 3.01. The maximum Gasteiger partial charge on any atom is 0.243 e. The van der Waals surface area contributed by atoms with Crippen LogP contribution in [-0.4, -0.2) is 25.8 Å². The molecule has 0 radical (unpaired) electrons. The van der Waals surface area contributed by atoms with Gasteiger partial charge in [-0.2, -0.15) is 4.31 Å². The molecule has 1 aromatic carbocycles. The standard InChI is InChI=1S/C14H24N2O2S/c1-5-12-7-8-13(15)9-14(12)19(17,18)16(6-2)10-11(3)4/h7-9,11H,5-6,10,15H2,1-4H3. The van der Waals surface area contributed by atoms with Gasteiger partial charge in [0.1, 0.15) is 0 Å². The second kappa shape index (κ2) is 6.39. The molecular formula is C14H24N2O2S. The zero-order valence-electron chi connectivity index (χ0n) is 12.2. The molecule has 0 heterocycles. The highest BCUT2D eigenvalue weighted by Gasteiger charge is 2.26. The maximum atomic E-state index is 12.7. The number of hydrogen-bond donors (Lipinski definition) is 1. The van der Waals surface area contributed by atoms with Crippen LogP contribution in [0.15, 0.2) is 23.1 Å². The van der Waals surface area contributed by atoms with Gasteiger partial charge in [-0.05, 0) is 30.0 Å². The molecule has 19 heavy (non-hydrogen) atoms. The van der Waals surface area contributed by atoms with E-state index >= 15 is 0 Å². The van der Waals surface area contributed by atoms with Gasteiger partial charge in [0, 0.05) is 18.8 Å². The number of anilines is 1. The Kier molecular flexibility index (Phi) is 5.38. The number of benzene rings is 1. The van der Waals surface area contributed by atoms with Gasteiger partial charge < -0.3 is 5.73 Å². The summed E-state index contributed by atoms with van der Waals surface area (Å²) in [4.78, 5) is 0.345. The molecule has 0 saturated carbocycles. The van der Waals surface area contributed by atoms with Crippen LogP contribution in [-0.2, 0) is 16.4 Å². The Bertz CT molecular complexity index is 524. The Morgan fingerprint density at radius 1 is 1.26 bits per heavy atom. The molecule has 0 aliphatic rings. The van der Waals surface area contributed by atoms with Gasteiger partial charge in [0.15, 0.2) is 0 Å². The SMILES string of the molecule is CCc1ccc(N)cc1S(=O)(=O)N(CC)CC(C)C. The smallest absolute Gasteiger partial charge is 0.243 e. The molecule has 108 valence electrons. The molecule has 2 N–H and O–H groups in total. The zero-order chi connectivity index (χ0) is 14.6. The molecule has 0 aliphatic heterocycles. The summed E-state index contributed by atoms with van der Waals surface area (Å²) >= 11 is 0. The predicted octanol–water partition coefficient (Wildman–Crippen LogP) is 2.50. The topological polar surface area (TPSA) is 63.4 Å².